The number of cyclic esters (lactones) is 1. The molecule has 0 amide bonds. The van der Waals surface area contributed by atoms with E-state index in [-0.39, 0.29) is 5.97 Å². The molecule has 0 aliphatic carbocycles. The SMILES string of the molecule is CC1=NC(=C2C=CSC2)C(=O)O1. The smallest absolute Gasteiger partial charge is 0.363 e. The van der Waals surface area contributed by atoms with Crippen molar-refractivity contribution in [2.24, 2.45) is 4.99 Å². The van der Waals surface area contributed by atoms with Gasteiger partial charge in [-0.15, -0.1) is 11.8 Å². The number of aliphatic imine (C=N–C) groups is 1. The van der Waals surface area contributed by atoms with Gasteiger partial charge in [0.25, 0.3) is 0 Å². The summed E-state index contributed by atoms with van der Waals surface area (Å²) in [6.45, 7) is 1.68. The van der Waals surface area contributed by atoms with E-state index in [0.29, 0.717) is 11.6 Å². The Kier molecular flexibility index (Phi) is 1.77. The molecule has 0 aromatic rings. The van der Waals surface area contributed by atoms with Crippen molar-refractivity contribution < 1.29 is 9.53 Å². The van der Waals surface area contributed by atoms with Crippen molar-refractivity contribution in [1.82, 2.24) is 0 Å². The summed E-state index contributed by atoms with van der Waals surface area (Å²) in [5, 5.41) is 1.96. The van der Waals surface area contributed by atoms with Crippen molar-refractivity contribution in [1.29, 1.82) is 0 Å². The van der Waals surface area contributed by atoms with Crippen molar-refractivity contribution >= 4 is 23.6 Å². The summed E-state index contributed by atoms with van der Waals surface area (Å²) < 4.78 is 4.80. The Hall–Kier alpha value is -1.03. The second-order valence-electron chi connectivity index (χ2n) is 2.51. The van der Waals surface area contributed by atoms with Gasteiger partial charge in [-0.25, -0.2) is 9.79 Å². The summed E-state index contributed by atoms with van der Waals surface area (Å²) in [6, 6.07) is 0. The first-order valence-corrected chi connectivity index (χ1v) is 4.61. The number of carbonyl (C=O) groups is 1. The van der Waals surface area contributed by atoms with Gasteiger partial charge >= 0.3 is 5.97 Å². The van der Waals surface area contributed by atoms with Crippen molar-refractivity contribution in [2.75, 3.05) is 5.75 Å². The summed E-state index contributed by atoms with van der Waals surface area (Å²) in [5.41, 5.74) is 1.43. The van der Waals surface area contributed by atoms with Gasteiger partial charge in [-0.2, -0.15) is 0 Å². The van der Waals surface area contributed by atoms with E-state index in [1.165, 1.54) is 0 Å². The van der Waals surface area contributed by atoms with Gasteiger partial charge in [-0.1, -0.05) is 0 Å². The summed E-state index contributed by atoms with van der Waals surface area (Å²) in [5.74, 6) is 0.934. The van der Waals surface area contributed by atoms with Crippen LogP contribution in [0.1, 0.15) is 6.92 Å². The van der Waals surface area contributed by atoms with E-state index in [1.807, 2.05) is 11.5 Å². The van der Waals surface area contributed by atoms with Crippen LogP contribution in [0.5, 0.6) is 0 Å². The fraction of sp³-hybridized carbons (Fsp3) is 0.250. The normalized spacial score (nSPS) is 27.8. The van der Waals surface area contributed by atoms with Gasteiger partial charge in [-0.3, -0.25) is 0 Å². The zero-order valence-electron chi connectivity index (χ0n) is 6.53. The molecular formula is C8H7NO2S. The highest BCUT2D eigenvalue weighted by Gasteiger charge is 2.23. The number of hydrogen-bond donors (Lipinski definition) is 0. The Bertz CT molecular complexity index is 328. The first-order valence-electron chi connectivity index (χ1n) is 3.56. The van der Waals surface area contributed by atoms with Gasteiger partial charge in [0.2, 0.25) is 0 Å². The molecule has 0 radical (unpaired) electrons. The molecule has 0 unspecified atom stereocenters. The van der Waals surface area contributed by atoms with Crippen molar-refractivity contribution in [3.8, 4) is 0 Å². The summed E-state index contributed by atoms with van der Waals surface area (Å²) in [4.78, 5) is 15.1. The lowest BCUT2D eigenvalue weighted by atomic mass is 10.2. The van der Waals surface area contributed by atoms with E-state index < -0.39 is 0 Å². The second kappa shape index (κ2) is 2.79. The highest BCUT2D eigenvalue weighted by atomic mass is 32.2. The van der Waals surface area contributed by atoms with Crippen LogP contribution < -0.4 is 0 Å². The van der Waals surface area contributed by atoms with Crippen LogP contribution in [0.15, 0.2) is 27.7 Å². The highest BCUT2D eigenvalue weighted by Crippen LogP contribution is 2.25. The van der Waals surface area contributed by atoms with Crippen molar-refractivity contribution in [3.63, 3.8) is 0 Å². The van der Waals surface area contributed by atoms with Crippen molar-refractivity contribution in [2.45, 2.75) is 6.92 Å². The third kappa shape index (κ3) is 1.18. The molecule has 0 aromatic heterocycles. The fourth-order valence-electron chi connectivity index (χ4n) is 1.07. The number of esters is 1. The second-order valence-corrected chi connectivity index (χ2v) is 3.40. The van der Waals surface area contributed by atoms with Crippen LogP contribution in [-0.2, 0) is 9.53 Å². The number of nitrogens with zero attached hydrogens (tertiary/aromatic N) is 1. The standard InChI is InChI=1S/C8H7NO2S/c1-5-9-7(8(10)11-5)6-2-3-12-4-6/h2-3H,4H2,1H3. The number of ether oxygens (including phenoxy) is 1. The first kappa shape index (κ1) is 7.61. The molecule has 2 aliphatic heterocycles. The molecular weight excluding hydrogens is 174 g/mol. The predicted octanol–water partition coefficient (Wildman–Crippen LogP) is 1.48. The molecule has 3 nitrogen and oxygen atoms in total. The Labute approximate surface area is 74.2 Å². The predicted molar refractivity (Wildman–Crippen MR) is 47.8 cm³/mol. The van der Waals surface area contributed by atoms with E-state index in [4.69, 9.17) is 4.74 Å². The van der Waals surface area contributed by atoms with E-state index in [9.17, 15) is 4.79 Å². The molecule has 0 bridgehead atoms. The van der Waals surface area contributed by atoms with Crippen LogP contribution in [0.3, 0.4) is 0 Å². The number of carbonyl (C=O) groups excluding carboxylic acids is 1. The van der Waals surface area contributed by atoms with Crippen LogP contribution in [0.4, 0.5) is 0 Å². The molecule has 0 aromatic carbocycles. The summed E-state index contributed by atoms with van der Waals surface area (Å²) in [7, 11) is 0. The van der Waals surface area contributed by atoms with Crippen LogP contribution in [0.25, 0.3) is 0 Å². The Morgan fingerprint density at radius 1 is 1.67 bits per heavy atom. The third-order valence-corrected chi connectivity index (χ3v) is 2.42. The third-order valence-electron chi connectivity index (χ3n) is 1.61. The molecule has 0 spiro atoms. The van der Waals surface area contributed by atoms with Gasteiger partial charge in [0.05, 0.1) is 0 Å². The number of hydrogen-bond acceptors (Lipinski definition) is 4. The maximum absolute atomic E-state index is 11.1. The lowest BCUT2D eigenvalue weighted by Crippen LogP contribution is -2.02. The average Bonchev–Trinajstić information content (AvgIpc) is 2.58. The minimum absolute atomic E-state index is 0.324. The fourth-order valence-corrected chi connectivity index (χ4v) is 1.84. The zero-order valence-corrected chi connectivity index (χ0v) is 7.35. The molecule has 12 heavy (non-hydrogen) atoms. The number of thioether (sulfide) groups is 1. The van der Waals surface area contributed by atoms with Gasteiger partial charge < -0.3 is 4.74 Å². The molecule has 0 saturated carbocycles. The largest absolute Gasteiger partial charge is 0.407 e. The number of allylic oxidation sites excluding steroid dienone is 1. The Balaban J connectivity index is 2.39. The number of rotatable bonds is 0. The van der Waals surface area contributed by atoms with Crippen molar-refractivity contribution in [3.05, 3.63) is 22.8 Å². The van der Waals surface area contributed by atoms with E-state index in [1.54, 1.807) is 18.7 Å². The maximum atomic E-state index is 11.1. The van der Waals surface area contributed by atoms with Gasteiger partial charge in [0.1, 0.15) is 0 Å². The maximum Gasteiger partial charge on any atom is 0.363 e. The minimum Gasteiger partial charge on any atom is -0.407 e. The van der Waals surface area contributed by atoms with E-state index in [0.717, 1.165) is 11.3 Å². The van der Waals surface area contributed by atoms with Crippen LogP contribution in [0.2, 0.25) is 0 Å². The van der Waals surface area contributed by atoms with E-state index in [2.05, 4.69) is 4.99 Å². The average molecular weight is 181 g/mol. The lowest BCUT2D eigenvalue weighted by molar-refractivity contribution is -0.130. The molecule has 0 fully saturated rings. The van der Waals surface area contributed by atoms with Gasteiger partial charge in [-0.05, 0) is 17.1 Å². The zero-order chi connectivity index (χ0) is 8.55. The molecule has 0 saturated heterocycles. The Morgan fingerprint density at radius 3 is 3.00 bits per heavy atom. The monoisotopic (exact) mass is 181 g/mol. The molecule has 62 valence electrons. The van der Waals surface area contributed by atoms with E-state index >= 15 is 0 Å². The summed E-state index contributed by atoms with van der Waals surface area (Å²) in [6.07, 6.45) is 1.91. The molecule has 2 aliphatic rings. The minimum atomic E-state index is -0.324. The lowest BCUT2D eigenvalue weighted by Gasteiger charge is -1.93. The van der Waals surface area contributed by atoms with Gasteiger partial charge in [0, 0.05) is 12.7 Å². The molecule has 4 heteroatoms. The highest BCUT2D eigenvalue weighted by molar-refractivity contribution is 8.02. The topological polar surface area (TPSA) is 38.7 Å². The molecule has 2 rings (SSSR count). The summed E-state index contributed by atoms with van der Waals surface area (Å²) >= 11 is 1.66. The quantitative estimate of drug-likeness (QED) is 0.419. The first-order chi connectivity index (χ1) is 5.77. The van der Waals surface area contributed by atoms with Crippen LogP contribution in [0, 0.1) is 0 Å². The Morgan fingerprint density at radius 2 is 2.50 bits per heavy atom. The molecule has 2 heterocycles. The molecule has 0 atom stereocenters. The molecule has 0 N–H and O–H groups in total. The van der Waals surface area contributed by atoms with Gasteiger partial charge in [0.15, 0.2) is 11.6 Å². The van der Waals surface area contributed by atoms with Crippen LogP contribution in [-0.4, -0.2) is 17.6 Å². The van der Waals surface area contributed by atoms with Crippen LogP contribution >= 0.6 is 11.8 Å².